The summed E-state index contributed by atoms with van der Waals surface area (Å²) in [4.78, 5) is 37.8. The van der Waals surface area contributed by atoms with Crippen molar-refractivity contribution in [1.82, 2.24) is 16.1 Å². The number of rotatable bonds is 12. The lowest BCUT2D eigenvalue weighted by Crippen LogP contribution is -2.51. The summed E-state index contributed by atoms with van der Waals surface area (Å²) in [6, 6.07) is 15.5. The maximum absolute atomic E-state index is 12.9. The molecule has 0 bridgehead atoms. The Hall–Kier alpha value is -3.39. The Kier molecular flexibility index (Phi) is 10.4. The van der Waals surface area contributed by atoms with Crippen LogP contribution in [-0.2, 0) is 27.2 Å². The second kappa shape index (κ2) is 13.2. The number of phenols is 1. The van der Waals surface area contributed by atoms with Crippen LogP contribution in [0.5, 0.6) is 5.75 Å². The van der Waals surface area contributed by atoms with Gasteiger partial charge in [0.05, 0.1) is 0 Å². The first-order valence-corrected chi connectivity index (χ1v) is 11.1. The third-order valence-corrected chi connectivity index (χ3v) is 5.30. The van der Waals surface area contributed by atoms with Crippen LogP contribution in [0.1, 0.15) is 37.8 Å². The number of phenolic OH excluding ortho intramolecular Hbond substituents is 1. The molecule has 0 aliphatic rings. The lowest BCUT2D eigenvalue weighted by atomic mass is 9.95. The number of nitrogens with one attached hydrogen (secondary N) is 3. The predicted molar refractivity (Wildman–Crippen MR) is 124 cm³/mol. The summed E-state index contributed by atoms with van der Waals surface area (Å²) in [5, 5.41) is 24.0. The molecule has 0 heterocycles. The smallest absolute Gasteiger partial charge is 0.255 e. The Bertz CT molecular complexity index is 900. The number of hydroxylamine groups is 1. The fourth-order valence-electron chi connectivity index (χ4n) is 3.50. The number of carbonyl (C=O) groups is 3. The van der Waals surface area contributed by atoms with E-state index in [1.807, 2.05) is 44.2 Å². The molecule has 0 aliphatic carbocycles. The van der Waals surface area contributed by atoms with Crippen LogP contribution in [0.4, 0.5) is 0 Å². The molecule has 0 spiro atoms. The zero-order chi connectivity index (χ0) is 24.2. The van der Waals surface area contributed by atoms with Crippen LogP contribution in [0.2, 0.25) is 0 Å². The van der Waals surface area contributed by atoms with Gasteiger partial charge in [-0.2, -0.15) is 0 Å². The molecule has 2 rings (SSSR count). The Morgan fingerprint density at radius 2 is 1.48 bits per heavy atom. The van der Waals surface area contributed by atoms with Gasteiger partial charge in [0.25, 0.3) is 5.91 Å². The number of hydrogen-bond donors (Lipinski definition) is 5. The third kappa shape index (κ3) is 8.94. The van der Waals surface area contributed by atoms with Crippen molar-refractivity contribution in [3.63, 3.8) is 0 Å². The van der Waals surface area contributed by atoms with E-state index in [0.29, 0.717) is 25.8 Å². The Morgan fingerprint density at radius 3 is 2.09 bits per heavy atom. The molecule has 0 aromatic heterocycles. The third-order valence-electron chi connectivity index (χ3n) is 5.30. The van der Waals surface area contributed by atoms with Crippen LogP contribution in [0.3, 0.4) is 0 Å². The van der Waals surface area contributed by atoms with Gasteiger partial charge < -0.3 is 15.7 Å². The predicted octanol–water partition coefficient (Wildman–Crippen LogP) is 2.34. The molecule has 2 atom stereocenters. The van der Waals surface area contributed by atoms with Gasteiger partial charge in [-0.1, -0.05) is 56.3 Å². The first-order valence-electron chi connectivity index (χ1n) is 11.1. The van der Waals surface area contributed by atoms with Crippen molar-refractivity contribution < 1.29 is 24.7 Å². The number of aryl methyl sites for hydroxylation is 1. The molecule has 33 heavy (non-hydrogen) atoms. The van der Waals surface area contributed by atoms with Crippen molar-refractivity contribution in [2.24, 2.45) is 11.8 Å². The van der Waals surface area contributed by atoms with Crippen LogP contribution in [-0.4, -0.2) is 40.6 Å². The maximum Gasteiger partial charge on any atom is 0.255 e. The van der Waals surface area contributed by atoms with Crippen molar-refractivity contribution in [1.29, 1.82) is 0 Å². The molecule has 8 nitrogen and oxygen atoms in total. The molecule has 5 N–H and O–H groups in total. The SMILES string of the molecule is CC(C)C[C@@H](C(=O)NO)C(=O)N[C@@H](CCc1ccccc1)C(=O)NCCc1ccc(O)cc1. The second-order valence-corrected chi connectivity index (χ2v) is 8.45. The Balaban J connectivity index is 2.05. The number of carbonyl (C=O) groups excluding carboxylic acids is 3. The lowest BCUT2D eigenvalue weighted by Gasteiger charge is -2.22. The number of aromatic hydroxyl groups is 1. The van der Waals surface area contributed by atoms with E-state index in [2.05, 4.69) is 10.6 Å². The molecule has 0 fully saturated rings. The summed E-state index contributed by atoms with van der Waals surface area (Å²) in [5.74, 6) is -2.61. The molecule has 8 heteroatoms. The van der Waals surface area contributed by atoms with E-state index in [4.69, 9.17) is 5.21 Å². The van der Waals surface area contributed by atoms with Gasteiger partial charge in [0.1, 0.15) is 17.7 Å². The van der Waals surface area contributed by atoms with Crippen molar-refractivity contribution in [3.8, 4) is 5.75 Å². The van der Waals surface area contributed by atoms with Crippen molar-refractivity contribution >= 4 is 17.7 Å². The van der Waals surface area contributed by atoms with E-state index in [0.717, 1.165) is 11.1 Å². The molecular weight excluding hydrogens is 422 g/mol. The van der Waals surface area contributed by atoms with Gasteiger partial charge in [-0.3, -0.25) is 19.6 Å². The molecule has 0 radical (unpaired) electrons. The molecular formula is C25H33N3O5. The normalized spacial score (nSPS) is 12.6. The molecule has 2 aromatic rings. The average Bonchev–Trinajstić information content (AvgIpc) is 2.81. The quantitative estimate of drug-likeness (QED) is 0.191. The van der Waals surface area contributed by atoms with Crippen LogP contribution < -0.4 is 16.1 Å². The highest BCUT2D eigenvalue weighted by Crippen LogP contribution is 2.14. The largest absolute Gasteiger partial charge is 0.508 e. The standard InChI is InChI=1S/C25H33N3O5/c1-17(2)16-21(24(31)28-33)23(30)27-22(13-10-18-6-4-3-5-7-18)25(32)26-15-14-19-8-11-20(29)12-9-19/h3-9,11-12,17,21-22,29,33H,10,13-16H2,1-2H3,(H,26,32)(H,27,30)(H,28,31)/t21-,22+/m1/s1. The van der Waals surface area contributed by atoms with Gasteiger partial charge in [0, 0.05) is 6.54 Å². The van der Waals surface area contributed by atoms with Crippen LogP contribution in [0.25, 0.3) is 0 Å². The summed E-state index contributed by atoms with van der Waals surface area (Å²) < 4.78 is 0. The lowest BCUT2D eigenvalue weighted by molar-refractivity contribution is -0.142. The minimum atomic E-state index is -1.10. The first-order chi connectivity index (χ1) is 15.8. The molecule has 2 aromatic carbocycles. The van der Waals surface area contributed by atoms with Gasteiger partial charge in [0.2, 0.25) is 11.8 Å². The fraction of sp³-hybridized carbons (Fsp3) is 0.400. The molecule has 3 amide bonds. The van der Waals surface area contributed by atoms with Gasteiger partial charge in [0.15, 0.2) is 0 Å². The minimum Gasteiger partial charge on any atom is -0.508 e. The summed E-state index contributed by atoms with van der Waals surface area (Å²) in [5.41, 5.74) is 3.53. The second-order valence-electron chi connectivity index (χ2n) is 8.45. The number of benzene rings is 2. The van der Waals surface area contributed by atoms with Crippen molar-refractivity contribution in [2.75, 3.05) is 6.54 Å². The summed E-state index contributed by atoms with van der Waals surface area (Å²) in [7, 11) is 0. The van der Waals surface area contributed by atoms with Crippen LogP contribution >= 0.6 is 0 Å². The van der Waals surface area contributed by atoms with Gasteiger partial charge in [-0.05, 0) is 54.9 Å². The maximum atomic E-state index is 12.9. The Morgan fingerprint density at radius 1 is 0.848 bits per heavy atom. The minimum absolute atomic E-state index is 0.0416. The van der Waals surface area contributed by atoms with Gasteiger partial charge in [-0.15, -0.1) is 0 Å². The zero-order valence-corrected chi connectivity index (χ0v) is 19.1. The molecule has 0 aliphatic heterocycles. The topological polar surface area (TPSA) is 128 Å². The van der Waals surface area contributed by atoms with E-state index < -0.39 is 23.8 Å². The number of hydrogen-bond acceptors (Lipinski definition) is 5. The first kappa shape index (κ1) is 25.9. The van der Waals surface area contributed by atoms with Crippen LogP contribution in [0, 0.1) is 11.8 Å². The van der Waals surface area contributed by atoms with Gasteiger partial charge in [-0.25, -0.2) is 5.48 Å². The zero-order valence-electron chi connectivity index (χ0n) is 19.1. The van der Waals surface area contributed by atoms with E-state index in [1.54, 1.807) is 29.7 Å². The van der Waals surface area contributed by atoms with E-state index >= 15 is 0 Å². The highest BCUT2D eigenvalue weighted by atomic mass is 16.5. The van der Waals surface area contributed by atoms with E-state index in [9.17, 15) is 19.5 Å². The highest BCUT2D eigenvalue weighted by molar-refractivity contribution is 6.01. The highest BCUT2D eigenvalue weighted by Gasteiger charge is 2.30. The molecule has 0 unspecified atom stereocenters. The van der Waals surface area contributed by atoms with E-state index in [1.165, 1.54) is 0 Å². The van der Waals surface area contributed by atoms with Crippen molar-refractivity contribution in [2.45, 2.75) is 45.6 Å². The monoisotopic (exact) mass is 455 g/mol. The van der Waals surface area contributed by atoms with E-state index in [-0.39, 0.29) is 24.0 Å². The fourth-order valence-corrected chi connectivity index (χ4v) is 3.50. The number of amides is 3. The molecule has 178 valence electrons. The Labute approximate surface area is 194 Å². The summed E-state index contributed by atoms with van der Waals surface area (Å²) in [6.45, 7) is 4.09. The summed E-state index contributed by atoms with van der Waals surface area (Å²) >= 11 is 0. The molecule has 0 saturated heterocycles. The van der Waals surface area contributed by atoms with Gasteiger partial charge >= 0.3 is 0 Å². The van der Waals surface area contributed by atoms with Crippen molar-refractivity contribution in [3.05, 3.63) is 65.7 Å². The van der Waals surface area contributed by atoms with Crippen LogP contribution in [0.15, 0.2) is 54.6 Å². The molecule has 0 saturated carbocycles. The summed E-state index contributed by atoms with van der Waals surface area (Å²) in [6.07, 6.45) is 1.73. The average molecular weight is 456 g/mol.